The minimum absolute atomic E-state index is 0.0536. The van der Waals surface area contributed by atoms with Crippen LogP contribution in [-0.4, -0.2) is 98.2 Å². The Kier molecular flexibility index (Phi) is 19.6. The zero-order valence-corrected chi connectivity index (χ0v) is 37.4. The van der Waals surface area contributed by atoms with Crippen molar-refractivity contribution in [3.05, 3.63) is 145 Å². The molecule has 1 aliphatic rings. The monoisotopic (exact) mass is 933 g/mol. The number of unbranched alkanes of at least 4 members (excludes halogenated alkanes) is 6. The van der Waals surface area contributed by atoms with E-state index in [1.807, 2.05) is 0 Å². The third-order valence-electron chi connectivity index (χ3n) is 10.1. The van der Waals surface area contributed by atoms with E-state index in [9.17, 15) is 38.4 Å². The number of carbonyl (C=O) groups is 8. The van der Waals surface area contributed by atoms with Crippen molar-refractivity contribution in [2.45, 2.75) is 63.6 Å². The number of rotatable bonds is 26. The minimum Gasteiger partial charge on any atom is -0.494 e. The molecule has 4 aromatic rings. The largest absolute Gasteiger partial charge is 0.494 e. The van der Waals surface area contributed by atoms with E-state index >= 15 is 0 Å². The number of nitrogens with zero attached hydrogens (tertiary/aromatic N) is 1. The van der Waals surface area contributed by atoms with Crippen molar-refractivity contribution in [1.82, 2.24) is 4.90 Å². The Bertz CT molecular complexity index is 2240. The second kappa shape index (κ2) is 26.2. The molecule has 2 atom stereocenters. The summed E-state index contributed by atoms with van der Waals surface area (Å²) in [5.74, 6) is -4.73. The van der Waals surface area contributed by atoms with Crippen LogP contribution in [0.4, 0.5) is 0 Å². The molecule has 0 spiro atoms. The highest BCUT2D eigenvalue weighted by Crippen LogP contribution is 2.24. The van der Waals surface area contributed by atoms with Crippen molar-refractivity contribution in [2.24, 2.45) is 0 Å². The van der Waals surface area contributed by atoms with Crippen molar-refractivity contribution >= 4 is 47.6 Å². The number of likely N-dealkylation sites (N-methyl/N-ethyl adjacent to an activating group) is 1. The molecule has 17 heteroatoms. The van der Waals surface area contributed by atoms with Crippen molar-refractivity contribution in [3.63, 3.8) is 0 Å². The molecule has 0 saturated carbocycles. The van der Waals surface area contributed by atoms with Crippen molar-refractivity contribution in [1.29, 1.82) is 0 Å². The first kappa shape index (κ1) is 50.9. The van der Waals surface area contributed by atoms with E-state index in [2.05, 4.69) is 13.2 Å². The third kappa shape index (κ3) is 15.5. The summed E-state index contributed by atoms with van der Waals surface area (Å²) in [5.41, 5.74) is 0.386. The lowest BCUT2D eigenvalue weighted by atomic mass is 10.2. The van der Waals surface area contributed by atoms with Crippen molar-refractivity contribution in [2.75, 3.05) is 33.5 Å². The Hall–Kier alpha value is -8.08. The van der Waals surface area contributed by atoms with Crippen LogP contribution in [0.5, 0.6) is 23.0 Å². The Morgan fingerprint density at radius 2 is 0.735 bits per heavy atom. The molecule has 1 heterocycles. The number of hydrogen-bond acceptors (Lipinski definition) is 16. The lowest BCUT2D eigenvalue weighted by molar-refractivity contribution is -0.140. The molecule has 356 valence electrons. The highest BCUT2D eigenvalue weighted by atomic mass is 16.6. The molecule has 1 aliphatic heterocycles. The van der Waals surface area contributed by atoms with Crippen LogP contribution in [0.2, 0.25) is 0 Å². The average molecular weight is 934 g/mol. The van der Waals surface area contributed by atoms with Gasteiger partial charge in [-0.3, -0.25) is 14.5 Å². The van der Waals surface area contributed by atoms with E-state index in [0.29, 0.717) is 42.8 Å². The molecule has 0 aromatic heterocycles. The van der Waals surface area contributed by atoms with Gasteiger partial charge in [-0.05, 0) is 148 Å². The summed E-state index contributed by atoms with van der Waals surface area (Å²) < 4.78 is 43.0. The standard InChI is InChI=1S/C51H51NO16/c1-4-42(53)63-32-12-8-6-10-30-61-38-22-14-34(15-23-38)48(57)65-40-26-18-36(19-27-40)50(59)67-44-45(47(56)52(3)46(44)55)68-51(60)37-20-28-41(29-21-37)66-49(58)35-16-24-39(25-17-35)62-31-11-7-9-13-33-64-43(54)5-2/h4-5,14-29,44-45H,1-2,6-13,30-33H2,3H3/t44-,45-/m0/s1. The molecule has 17 nitrogen and oxygen atoms in total. The number of imide groups is 1. The molecular formula is C51H51NO16. The molecule has 1 fully saturated rings. The van der Waals surface area contributed by atoms with E-state index in [4.69, 9.17) is 37.9 Å². The summed E-state index contributed by atoms with van der Waals surface area (Å²) in [5, 5.41) is 0. The highest BCUT2D eigenvalue weighted by molar-refractivity contribution is 6.10. The molecule has 0 bridgehead atoms. The molecule has 0 N–H and O–H groups in total. The quantitative estimate of drug-likeness (QED) is 0.0152. The fourth-order valence-corrected chi connectivity index (χ4v) is 6.32. The van der Waals surface area contributed by atoms with Crippen LogP contribution in [0, 0.1) is 0 Å². The van der Waals surface area contributed by atoms with Gasteiger partial charge in [0.15, 0.2) is 0 Å². The Balaban J connectivity index is 1.04. The smallest absolute Gasteiger partial charge is 0.343 e. The van der Waals surface area contributed by atoms with Gasteiger partial charge in [-0.2, -0.15) is 0 Å². The zero-order valence-electron chi connectivity index (χ0n) is 37.4. The number of amides is 2. The van der Waals surface area contributed by atoms with Gasteiger partial charge in [-0.25, -0.2) is 28.8 Å². The SMILES string of the molecule is C=CC(=O)OCCCCCCOc1ccc(C(=O)Oc2ccc(C(=O)O[C@@H]3C(=O)N(C)C(=O)[C@H]3OC(=O)c3ccc(OC(=O)c4ccc(OCCCCCCOC(=O)C=C)cc4)cc3)cc2)cc1. The number of benzene rings is 4. The second-order valence-corrected chi connectivity index (χ2v) is 15.0. The van der Waals surface area contributed by atoms with E-state index in [-0.39, 0.29) is 33.8 Å². The van der Waals surface area contributed by atoms with Gasteiger partial charge in [-0.15, -0.1) is 0 Å². The molecular weight excluding hydrogens is 883 g/mol. The van der Waals surface area contributed by atoms with Gasteiger partial charge < -0.3 is 37.9 Å². The Morgan fingerprint density at radius 3 is 1.06 bits per heavy atom. The predicted octanol–water partition coefficient (Wildman–Crippen LogP) is 7.21. The highest BCUT2D eigenvalue weighted by Gasteiger charge is 2.51. The average Bonchev–Trinajstić information content (AvgIpc) is 3.54. The molecule has 0 unspecified atom stereocenters. The van der Waals surface area contributed by atoms with Crippen LogP contribution in [0.3, 0.4) is 0 Å². The number of hydrogen-bond donors (Lipinski definition) is 0. The summed E-state index contributed by atoms with van der Waals surface area (Å²) in [6, 6.07) is 23.3. The van der Waals surface area contributed by atoms with Gasteiger partial charge in [0.1, 0.15) is 23.0 Å². The van der Waals surface area contributed by atoms with Crippen molar-refractivity contribution < 1.29 is 76.3 Å². The number of esters is 6. The number of likely N-dealkylation sites (tertiary alicyclic amines) is 1. The summed E-state index contributed by atoms with van der Waals surface area (Å²) in [4.78, 5) is 101. The topological polar surface area (TPSA) is 214 Å². The van der Waals surface area contributed by atoms with Crippen LogP contribution in [0.1, 0.15) is 92.8 Å². The van der Waals surface area contributed by atoms with Crippen LogP contribution in [-0.2, 0) is 38.1 Å². The van der Waals surface area contributed by atoms with E-state index < -0.39 is 59.8 Å². The summed E-state index contributed by atoms with van der Waals surface area (Å²) >= 11 is 0. The lowest BCUT2D eigenvalue weighted by Gasteiger charge is -2.17. The van der Waals surface area contributed by atoms with Crippen molar-refractivity contribution in [3.8, 4) is 23.0 Å². The molecule has 0 radical (unpaired) electrons. The first-order valence-corrected chi connectivity index (χ1v) is 21.8. The summed E-state index contributed by atoms with van der Waals surface area (Å²) in [7, 11) is 1.16. The number of carbonyl (C=O) groups excluding carboxylic acids is 8. The molecule has 2 amide bonds. The Labute approximate surface area is 392 Å². The van der Waals surface area contributed by atoms with Gasteiger partial charge >= 0.3 is 35.8 Å². The van der Waals surface area contributed by atoms with Crippen LogP contribution >= 0.6 is 0 Å². The third-order valence-corrected chi connectivity index (χ3v) is 10.1. The predicted molar refractivity (Wildman–Crippen MR) is 242 cm³/mol. The molecule has 1 saturated heterocycles. The maximum atomic E-state index is 13.1. The molecule has 5 rings (SSSR count). The minimum atomic E-state index is -1.79. The first-order chi connectivity index (χ1) is 32.9. The van der Waals surface area contributed by atoms with E-state index in [0.717, 1.165) is 70.6 Å². The molecule has 0 aliphatic carbocycles. The second-order valence-electron chi connectivity index (χ2n) is 15.0. The zero-order chi connectivity index (χ0) is 48.8. The summed E-state index contributed by atoms with van der Waals surface area (Å²) in [6.45, 7) is 8.33. The van der Waals surface area contributed by atoms with Gasteiger partial charge in [0.25, 0.3) is 11.8 Å². The fraction of sp³-hybridized carbons (Fsp3) is 0.294. The normalized spacial score (nSPS) is 14.0. The van der Waals surface area contributed by atoms with Crippen LogP contribution in [0.15, 0.2) is 122 Å². The number of ether oxygens (including phenoxy) is 8. The van der Waals surface area contributed by atoms with Gasteiger partial charge in [0.05, 0.1) is 48.7 Å². The fourth-order valence-electron chi connectivity index (χ4n) is 6.32. The van der Waals surface area contributed by atoms with Gasteiger partial charge in [0, 0.05) is 19.2 Å². The lowest BCUT2D eigenvalue weighted by Crippen LogP contribution is -2.37. The van der Waals surface area contributed by atoms with Crippen LogP contribution < -0.4 is 18.9 Å². The molecule has 4 aromatic carbocycles. The maximum absolute atomic E-state index is 13.1. The van der Waals surface area contributed by atoms with Gasteiger partial charge in [-0.1, -0.05) is 13.2 Å². The Morgan fingerprint density at radius 1 is 0.441 bits per heavy atom. The van der Waals surface area contributed by atoms with Gasteiger partial charge in [0.2, 0.25) is 12.2 Å². The molecule has 68 heavy (non-hydrogen) atoms. The summed E-state index contributed by atoms with van der Waals surface area (Å²) in [6.07, 6.45) is 5.27. The van der Waals surface area contributed by atoms with Crippen LogP contribution in [0.25, 0.3) is 0 Å². The van der Waals surface area contributed by atoms with E-state index in [1.54, 1.807) is 48.5 Å². The van der Waals surface area contributed by atoms with E-state index in [1.165, 1.54) is 48.5 Å². The maximum Gasteiger partial charge on any atom is 0.343 e. The first-order valence-electron chi connectivity index (χ1n) is 21.8.